The van der Waals surface area contributed by atoms with Gasteiger partial charge in [0.25, 0.3) is 0 Å². The number of anilines is 1. The predicted octanol–water partition coefficient (Wildman–Crippen LogP) is 2.81. The number of fused-ring (bicyclic) bond motifs is 1. The number of nitrogens with zero attached hydrogens (tertiary/aromatic N) is 1. The highest BCUT2D eigenvalue weighted by Gasteiger charge is 2.15. The number of rotatable bonds is 3. The third-order valence-electron chi connectivity index (χ3n) is 3.26. The molecule has 1 aliphatic heterocycles. The van der Waals surface area contributed by atoms with Crippen LogP contribution in [0.2, 0.25) is 0 Å². The topological polar surface area (TPSA) is 15.3 Å². The van der Waals surface area contributed by atoms with Crippen molar-refractivity contribution in [1.82, 2.24) is 5.32 Å². The van der Waals surface area contributed by atoms with Crippen molar-refractivity contribution in [3.8, 4) is 0 Å². The normalized spacial score (nSPS) is 15.2. The van der Waals surface area contributed by atoms with Gasteiger partial charge in [-0.2, -0.15) is 0 Å². The highest BCUT2D eigenvalue weighted by molar-refractivity contribution is 5.58. The van der Waals surface area contributed by atoms with Gasteiger partial charge in [-0.15, -0.1) is 0 Å². The zero-order chi connectivity index (χ0) is 12.5. The zero-order valence-electron chi connectivity index (χ0n) is 11.5. The molecular formula is C15H24N2. The van der Waals surface area contributed by atoms with Crippen molar-refractivity contribution in [3.05, 3.63) is 29.3 Å². The van der Waals surface area contributed by atoms with Gasteiger partial charge >= 0.3 is 0 Å². The van der Waals surface area contributed by atoms with Crippen molar-refractivity contribution in [2.75, 3.05) is 25.0 Å². The third kappa shape index (κ3) is 3.22. The summed E-state index contributed by atoms with van der Waals surface area (Å²) in [7, 11) is 2.17. The minimum Gasteiger partial charge on any atom is -0.374 e. The second-order valence-electron chi connectivity index (χ2n) is 6.30. The standard InChI is InChI=1S/C15H24N2/c1-15(2,3)11-16-10-12-5-6-14-13(9-12)7-8-17(14)4/h5-6,9,16H,7-8,10-11H2,1-4H3. The molecule has 0 saturated heterocycles. The lowest BCUT2D eigenvalue weighted by Crippen LogP contribution is -2.26. The van der Waals surface area contributed by atoms with E-state index in [4.69, 9.17) is 0 Å². The average Bonchev–Trinajstić information content (AvgIpc) is 2.58. The lowest BCUT2D eigenvalue weighted by molar-refractivity contribution is 0.379. The molecule has 2 nitrogen and oxygen atoms in total. The lowest BCUT2D eigenvalue weighted by Gasteiger charge is -2.19. The highest BCUT2D eigenvalue weighted by Crippen LogP contribution is 2.27. The van der Waals surface area contributed by atoms with E-state index in [2.05, 4.69) is 56.2 Å². The molecule has 0 unspecified atom stereocenters. The molecule has 17 heavy (non-hydrogen) atoms. The van der Waals surface area contributed by atoms with Crippen LogP contribution in [0.15, 0.2) is 18.2 Å². The fraction of sp³-hybridized carbons (Fsp3) is 0.600. The van der Waals surface area contributed by atoms with Gasteiger partial charge in [0.2, 0.25) is 0 Å². The molecule has 2 rings (SSSR count). The van der Waals surface area contributed by atoms with Gasteiger partial charge < -0.3 is 10.2 Å². The summed E-state index contributed by atoms with van der Waals surface area (Å²) in [5, 5.41) is 3.53. The van der Waals surface area contributed by atoms with Crippen LogP contribution in [0.5, 0.6) is 0 Å². The molecule has 0 bridgehead atoms. The Morgan fingerprint density at radius 3 is 2.76 bits per heavy atom. The second-order valence-corrected chi connectivity index (χ2v) is 6.30. The minimum absolute atomic E-state index is 0.358. The molecule has 2 heteroatoms. The Bertz CT molecular complexity index is 390. The Hall–Kier alpha value is -1.02. The summed E-state index contributed by atoms with van der Waals surface area (Å²) in [4.78, 5) is 2.34. The molecule has 1 aromatic carbocycles. The molecule has 0 aromatic heterocycles. The van der Waals surface area contributed by atoms with Gasteiger partial charge in [-0.3, -0.25) is 0 Å². The maximum absolute atomic E-state index is 3.53. The molecule has 1 aromatic rings. The highest BCUT2D eigenvalue weighted by atomic mass is 15.1. The lowest BCUT2D eigenvalue weighted by atomic mass is 9.97. The summed E-state index contributed by atoms with van der Waals surface area (Å²) < 4.78 is 0. The van der Waals surface area contributed by atoms with E-state index in [0.29, 0.717) is 5.41 Å². The van der Waals surface area contributed by atoms with Gasteiger partial charge in [-0.05, 0) is 29.0 Å². The summed E-state index contributed by atoms with van der Waals surface area (Å²) >= 11 is 0. The Kier molecular flexibility index (Phi) is 3.43. The molecule has 1 heterocycles. The first kappa shape index (κ1) is 12.4. The molecular weight excluding hydrogens is 208 g/mol. The van der Waals surface area contributed by atoms with E-state index in [-0.39, 0.29) is 0 Å². The molecule has 0 atom stereocenters. The fourth-order valence-electron chi connectivity index (χ4n) is 2.31. The Balaban J connectivity index is 1.95. The molecule has 0 saturated carbocycles. The molecule has 0 radical (unpaired) electrons. The van der Waals surface area contributed by atoms with Crippen molar-refractivity contribution in [1.29, 1.82) is 0 Å². The molecule has 94 valence electrons. The number of hydrogen-bond donors (Lipinski definition) is 1. The minimum atomic E-state index is 0.358. The van der Waals surface area contributed by atoms with Crippen molar-refractivity contribution in [2.24, 2.45) is 5.41 Å². The van der Waals surface area contributed by atoms with Gasteiger partial charge in [-0.25, -0.2) is 0 Å². The molecule has 0 fully saturated rings. The Morgan fingerprint density at radius 1 is 1.29 bits per heavy atom. The summed E-state index contributed by atoms with van der Waals surface area (Å²) in [6.07, 6.45) is 1.19. The van der Waals surface area contributed by atoms with Gasteiger partial charge in [-0.1, -0.05) is 32.9 Å². The van der Waals surface area contributed by atoms with Crippen molar-refractivity contribution in [2.45, 2.75) is 33.7 Å². The van der Waals surface area contributed by atoms with Crippen LogP contribution in [-0.4, -0.2) is 20.1 Å². The fourth-order valence-corrected chi connectivity index (χ4v) is 2.31. The monoisotopic (exact) mass is 232 g/mol. The van der Waals surface area contributed by atoms with Crippen LogP contribution in [0.25, 0.3) is 0 Å². The van der Waals surface area contributed by atoms with E-state index in [1.165, 1.54) is 23.2 Å². The first-order valence-electron chi connectivity index (χ1n) is 6.49. The van der Waals surface area contributed by atoms with Gasteiger partial charge in [0, 0.05) is 32.4 Å². The Labute approximate surface area is 105 Å². The first-order valence-corrected chi connectivity index (χ1v) is 6.49. The molecule has 0 amide bonds. The maximum atomic E-state index is 3.53. The SMILES string of the molecule is CN1CCc2cc(CNCC(C)(C)C)ccc21. The average molecular weight is 232 g/mol. The van der Waals surface area contributed by atoms with Crippen LogP contribution in [0.4, 0.5) is 5.69 Å². The van der Waals surface area contributed by atoms with Crippen LogP contribution in [0.3, 0.4) is 0 Å². The third-order valence-corrected chi connectivity index (χ3v) is 3.26. The van der Waals surface area contributed by atoms with Crippen LogP contribution in [-0.2, 0) is 13.0 Å². The van der Waals surface area contributed by atoms with Crippen molar-refractivity contribution >= 4 is 5.69 Å². The Morgan fingerprint density at radius 2 is 2.06 bits per heavy atom. The second kappa shape index (κ2) is 4.69. The zero-order valence-corrected chi connectivity index (χ0v) is 11.5. The first-order chi connectivity index (χ1) is 7.96. The number of nitrogens with one attached hydrogen (secondary N) is 1. The van der Waals surface area contributed by atoms with Gasteiger partial charge in [0.1, 0.15) is 0 Å². The van der Waals surface area contributed by atoms with E-state index in [1.54, 1.807) is 0 Å². The number of hydrogen-bond acceptors (Lipinski definition) is 2. The number of benzene rings is 1. The predicted molar refractivity (Wildman–Crippen MR) is 74.6 cm³/mol. The van der Waals surface area contributed by atoms with E-state index in [0.717, 1.165) is 19.6 Å². The summed E-state index contributed by atoms with van der Waals surface area (Å²) in [6.45, 7) is 9.99. The van der Waals surface area contributed by atoms with Crippen LogP contribution in [0.1, 0.15) is 31.9 Å². The smallest absolute Gasteiger partial charge is 0.0397 e. The van der Waals surface area contributed by atoms with E-state index in [1.807, 2.05) is 0 Å². The van der Waals surface area contributed by atoms with E-state index >= 15 is 0 Å². The van der Waals surface area contributed by atoms with Crippen LogP contribution < -0.4 is 10.2 Å². The van der Waals surface area contributed by atoms with Crippen molar-refractivity contribution in [3.63, 3.8) is 0 Å². The summed E-state index contributed by atoms with van der Waals surface area (Å²) in [5.41, 5.74) is 4.67. The largest absolute Gasteiger partial charge is 0.374 e. The van der Waals surface area contributed by atoms with Gasteiger partial charge in [0.15, 0.2) is 0 Å². The van der Waals surface area contributed by atoms with Crippen LogP contribution >= 0.6 is 0 Å². The number of likely N-dealkylation sites (N-methyl/N-ethyl adjacent to an activating group) is 1. The quantitative estimate of drug-likeness (QED) is 0.862. The summed E-state index contributed by atoms with van der Waals surface area (Å²) in [5.74, 6) is 0. The maximum Gasteiger partial charge on any atom is 0.0397 e. The molecule has 0 spiro atoms. The molecule has 1 N–H and O–H groups in total. The summed E-state index contributed by atoms with van der Waals surface area (Å²) in [6, 6.07) is 6.86. The molecule has 1 aliphatic rings. The van der Waals surface area contributed by atoms with Gasteiger partial charge in [0.05, 0.1) is 0 Å². The van der Waals surface area contributed by atoms with E-state index < -0.39 is 0 Å². The van der Waals surface area contributed by atoms with E-state index in [9.17, 15) is 0 Å². The van der Waals surface area contributed by atoms with Crippen LogP contribution in [0, 0.1) is 5.41 Å². The van der Waals surface area contributed by atoms with Crippen molar-refractivity contribution < 1.29 is 0 Å². The molecule has 0 aliphatic carbocycles.